The number of fused-ring (bicyclic) bond motifs is 3. The van der Waals surface area contributed by atoms with Gasteiger partial charge in [-0.1, -0.05) is 70.0 Å². The Morgan fingerprint density at radius 1 is 1.18 bits per heavy atom. The quantitative estimate of drug-likeness (QED) is 0.475. The molecule has 5 atom stereocenters. The van der Waals surface area contributed by atoms with Gasteiger partial charge in [0.1, 0.15) is 11.4 Å². The fourth-order valence-corrected chi connectivity index (χ4v) is 6.19. The second kappa shape index (κ2) is 8.11. The Hall–Kier alpha value is -2.43. The molecule has 0 radical (unpaired) electrons. The Morgan fingerprint density at radius 3 is 2.52 bits per heavy atom. The van der Waals surface area contributed by atoms with Gasteiger partial charge >= 0.3 is 0 Å². The molecule has 0 bridgehead atoms. The van der Waals surface area contributed by atoms with Crippen LogP contribution in [0.2, 0.25) is 5.02 Å². The van der Waals surface area contributed by atoms with E-state index in [0.29, 0.717) is 23.0 Å². The maximum Gasteiger partial charge on any atom is 0.266 e. The van der Waals surface area contributed by atoms with E-state index in [1.54, 1.807) is 6.07 Å². The van der Waals surface area contributed by atoms with E-state index in [-0.39, 0.29) is 11.8 Å². The van der Waals surface area contributed by atoms with Crippen LogP contribution in [0.4, 0.5) is 0 Å². The van der Waals surface area contributed by atoms with Crippen LogP contribution in [0.5, 0.6) is 5.75 Å². The summed E-state index contributed by atoms with van der Waals surface area (Å²) in [6, 6.07) is 18.7. The van der Waals surface area contributed by atoms with Crippen molar-refractivity contribution in [3.63, 3.8) is 0 Å². The van der Waals surface area contributed by atoms with Gasteiger partial charge in [0, 0.05) is 29.2 Å². The average Bonchev–Trinajstić information content (AvgIpc) is 3.15. The summed E-state index contributed by atoms with van der Waals surface area (Å²) in [6.45, 7) is 8.81. The van der Waals surface area contributed by atoms with E-state index in [0.717, 1.165) is 15.6 Å². The number of hydrogen-bond acceptors (Lipinski definition) is 4. The third-order valence-electron chi connectivity index (χ3n) is 6.86. The Balaban J connectivity index is 1.87. The van der Waals surface area contributed by atoms with Crippen LogP contribution in [-0.4, -0.2) is 41.7 Å². The Morgan fingerprint density at radius 2 is 1.88 bits per heavy atom. The Labute approximate surface area is 206 Å². The predicted molar refractivity (Wildman–Crippen MR) is 131 cm³/mol. The van der Waals surface area contributed by atoms with Crippen LogP contribution in [0.15, 0.2) is 71.3 Å². The minimum absolute atomic E-state index is 0.209. The number of benzene rings is 2. The summed E-state index contributed by atoms with van der Waals surface area (Å²) in [4.78, 5) is 10.6. The first kappa shape index (κ1) is 22.4. The Kier molecular flexibility index (Phi) is 5.49. The van der Waals surface area contributed by atoms with Gasteiger partial charge in [0.25, 0.3) is 6.04 Å². The molecule has 3 aromatic rings. The first-order valence-corrected chi connectivity index (χ1v) is 11.9. The zero-order valence-corrected chi connectivity index (χ0v) is 20.6. The van der Waals surface area contributed by atoms with Gasteiger partial charge in [0.2, 0.25) is 5.60 Å². The van der Waals surface area contributed by atoms with E-state index in [1.165, 1.54) is 6.20 Å². The summed E-state index contributed by atoms with van der Waals surface area (Å²) in [6.07, 6.45) is 1.51. The molecular weight excluding hydrogens is 502 g/mol. The van der Waals surface area contributed by atoms with Gasteiger partial charge in [-0.25, -0.2) is 6.57 Å². The molecule has 7 heteroatoms. The van der Waals surface area contributed by atoms with Crippen LogP contribution in [0.25, 0.3) is 4.85 Å². The molecule has 2 aromatic carbocycles. The summed E-state index contributed by atoms with van der Waals surface area (Å²) in [5.74, 6) is -0.0932. The topological polar surface area (TPSA) is 50.0 Å². The number of halogens is 2. The number of nitrogens with zero attached hydrogens (tertiary/aromatic N) is 3. The molecule has 0 amide bonds. The van der Waals surface area contributed by atoms with E-state index in [1.807, 2.05) is 68.7 Å². The summed E-state index contributed by atoms with van der Waals surface area (Å²) in [5.41, 5.74) is -0.728. The zero-order chi connectivity index (χ0) is 23.4. The molecule has 5 rings (SSSR count). The monoisotopic (exact) mass is 523 g/mol. The summed E-state index contributed by atoms with van der Waals surface area (Å²) < 4.78 is 7.69. The maximum atomic E-state index is 12.6. The van der Waals surface area contributed by atoms with Crippen molar-refractivity contribution in [3.05, 3.63) is 105 Å². The van der Waals surface area contributed by atoms with E-state index in [9.17, 15) is 5.11 Å². The van der Waals surface area contributed by atoms with E-state index in [4.69, 9.17) is 22.9 Å². The van der Waals surface area contributed by atoms with Crippen LogP contribution in [0.3, 0.4) is 0 Å². The molecule has 1 aliphatic carbocycles. The lowest BCUT2D eigenvalue weighted by Crippen LogP contribution is -2.51. The van der Waals surface area contributed by atoms with E-state index < -0.39 is 17.2 Å². The largest absolute Gasteiger partial charge is 0.476 e. The zero-order valence-electron chi connectivity index (χ0n) is 18.2. The summed E-state index contributed by atoms with van der Waals surface area (Å²) in [5, 5.41) is 13.1. The first-order chi connectivity index (χ1) is 15.8. The van der Waals surface area contributed by atoms with Gasteiger partial charge in [-0.3, -0.25) is 4.98 Å². The van der Waals surface area contributed by atoms with Crippen molar-refractivity contribution in [2.75, 3.05) is 20.6 Å². The predicted octanol–water partition coefficient (Wildman–Crippen LogP) is 5.24. The first-order valence-electron chi connectivity index (χ1n) is 10.7. The molecule has 1 aliphatic heterocycles. The lowest BCUT2D eigenvalue weighted by atomic mass is 9.71. The third-order valence-corrected chi connectivity index (χ3v) is 7.60. The highest BCUT2D eigenvalue weighted by Crippen LogP contribution is 2.68. The highest BCUT2D eigenvalue weighted by Gasteiger charge is 2.80. The van der Waals surface area contributed by atoms with Gasteiger partial charge in [0.15, 0.2) is 5.60 Å². The van der Waals surface area contributed by atoms with Gasteiger partial charge in [0.05, 0.1) is 10.9 Å². The molecule has 1 aromatic heterocycles. The van der Waals surface area contributed by atoms with Gasteiger partial charge in [-0.05, 0) is 37.4 Å². The third kappa shape index (κ3) is 3.14. The molecule has 5 nitrogen and oxygen atoms in total. The molecule has 0 spiro atoms. The van der Waals surface area contributed by atoms with Crippen LogP contribution >= 0.6 is 27.5 Å². The Bertz CT molecular complexity index is 1230. The number of pyridine rings is 1. The summed E-state index contributed by atoms with van der Waals surface area (Å²) in [7, 11) is 3.97. The lowest BCUT2D eigenvalue weighted by molar-refractivity contribution is -0.109. The van der Waals surface area contributed by atoms with Crippen LogP contribution in [0.1, 0.15) is 22.7 Å². The van der Waals surface area contributed by atoms with Gasteiger partial charge in [-0.15, -0.1) is 0 Å². The number of ether oxygens (including phenoxy) is 1. The van der Waals surface area contributed by atoms with Gasteiger partial charge in [-0.2, -0.15) is 0 Å². The second-order valence-electron chi connectivity index (χ2n) is 9.00. The molecule has 0 saturated heterocycles. The van der Waals surface area contributed by atoms with Crippen molar-refractivity contribution in [1.82, 2.24) is 9.88 Å². The second-order valence-corrected chi connectivity index (χ2v) is 10.4. The van der Waals surface area contributed by atoms with Crippen LogP contribution in [0, 0.1) is 12.5 Å². The molecule has 2 aliphatic rings. The van der Waals surface area contributed by atoms with Crippen molar-refractivity contribution in [1.29, 1.82) is 0 Å². The molecule has 168 valence electrons. The smallest absolute Gasteiger partial charge is 0.266 e. The summed E-state index contributed by atoms with van der Waals surface area (Å²) >= 11 is 9.78. The number of aliphatic hydroxyl groups is 1. The number of aromatic nitrogens is 1. The normalized spacial score (nSPS) is 29.9. The fourth-order valence-electron chi connectivity index (χ4n) is 5.78. The van der Waals surface area contributed by atoms with E-state index in [2.05, 4.69) is 30.7 Å². The number of rotatable bonds is 4. The van der Waals surface area contributed by atoms with E-state index >= 15 is 0 Å². The molecular formula is C26H23BrClN3O2. The molecule has 1 saturated carbocycles. The maximum absolute atomic E-state index is 12.6. The van der Waals surface area contributed by atoms with Crippen molar-refractivity contribution >= 4 is 27.5 Å². The van der Waals surface area contributed by atoms with Crippen molar-refractivity contribution < 1.29 is 9.84 Å². The fraction of sp³-hybridized carbons (Fsp3) is 0.308. The highest BCUT2D eigenvalue weighted by atomic mass is 79.9. The average molecular weight is 525 g/mol. The lowest BCUT2D eigenvalue weighted by Gasteiger charge is -2.39. The van der Waals surface area contributed by atoms with Gasteiger partial charge < -0.3 is 19.6 Å². The molecule has 1 N–H and O–H groups in total. The van der Waals surface area contributed by atoms with Crippen molar-refractivity contribution in [2.24, 2.45) is 5.92 Å². The van der Waals surface area contributed by atoms with Crippen LogP contribution in [-0.2, 0) is 11.2 Å². The minimum Gasteiger partial charge on any atom is -0.476 e. The molecule has 2 heterocycles. The SMILES string of the molecule is [C-]#[N+][C@@H]1[C@H](CN(C)C)[C@@H](c2ccccc2)[C@]2(c3ccc(Br)cc3)Oc3cc(Cl)cnc3[C@]12O. The standard InChI is InChI=1S/C26H23BrClN3O2/c1-29-23-20(15-31(2)3)22(16-7-5-4-6-8-16)26(17-9-11-18(27)12-10-17)25(23,32)24-21(33-26)13-19(28)14-30-24/h4-14,20,22-23,32H,15H2,2-3H3/t20-,22-,23-,25-,26+/m1/s1. The highest BCUT2D eigenvalue weighted by molar-refractivity contribution is 9.10. The van der Waals surface area contributed by atoms with Crippen LogP contribution < -0.4 is 4.74 Å². The van der Waals surface area contributed by atoms with Crippen molar-refractivity contribution in [2.45, 2.75) is 23.2 Å². The molecule has 1 fully saturated rings. The van der Waals surface area contributed by atoms with Crippen molar-refractivity contribution in [3.8, 4) is 5.75 Å². The molecule has 0 unspecified atom stereocenters. The minimum atomic E-state index is -1.66. The number of hydrogen-bond donors (Lipinski definition) is 1. The molecule has 33 heavy (non-hydrogen) atoms.